The van der Waals surface area contributed by atoms with Crippen LogP contribution >= 0.6 is 0 Å². The number of phenols is 2. The Balaban J connectivity index is 1.72. The van der Waals surface area contributed by atoms with Crippen molar-refractivity contribution in [3.05, 3.63) is 53.6 Å². The first-order chi connectivity index (χ1) is 13.9. The third kappa shape index (κ3) is 7.44. The largest absolute Gasteiger partial charge is 0.504 e. The van der Waals surface area contributed by atoms with Crippen LogP contribution in [-0.2, 0) is 11.3 Å². The number of amides is 1. The highest BCUT2D eigenvalue weighted by molar-refractivity contribution is 5.86. The summed E-state index contributed by atoms with van der Waals surface area (Å²) in [6.45, 7) is 2.48. The summed E-state index contributed by atoms with van der Waals surface area (Å²) in [5.41, 5.74) is 3.90. The molecule has 0 radical (unpaired) electrons. The van der Waals surface area contributed by atoms with Gasteiger partial charge in [0.1, 0.15) is 5.75 Å². The first-order valence-corrected chi connectivity index (χ1v) is 9.22. The summed E-state index contributed by atoms with van der Waals surface area (Å²) in [7, 11) is 5.54. The molecule has 0 saturated heterocycles. The van der Waals surface area contributed by atoms with E-state index in [0.29, 0.717) is 12.1 Å². The average molecular weight is 400 g/mol. The van der Waals surface area contributed by atoms with Gasteiger partial charge in [0.05, 0.1) is 19.9 Å². The molecule has 1 amide bonds. The number of hydrogen-bond donors (Lipinski definition) is 3. The van der Waals surface area contributed by atoms with E-state index in [1.54, 1.807) is 19.2 Å². The number of methoxy groups -OCH3 is 1. The number of para-hydroxylation sites is 1. The Hall–Kier alpha value is -3.10. The summed E-state index contributed by atoms with van der Waals surface area (Å²) in [6, 6.07) is 12.5. The number of benzene rings is 2. The van der Waals surface area contributed by atoms with Crippen LogP contribution in [-0.4, -0.2) is 73.0 Å². The highest BCUT2D eigenvalue weighted by Crippen LogP contribution is 2.26. The van der Waals surface area contributed by atoms with E-state index in [4.69, 9.17) is 4.74 Å². The van der Waals surface area contributed by atoms with Gasteiger partial charge in [-0.1, -0.05) is 18.2 Å². The fourth-order valence-electron chi connectivity index (χ4n) is 2.69. The van der Waals surface area contributed by atoms with Crippen molar-refractivity contribution < 1.29 is 19.7 Å². The maximum absolute atomic E-state index is 12.0. The van der Waals surface area contributed by atoms with Gasteiger partial charge >= 0.3 is 0 Å². The third-order valence-electron chi connectivity index (χ3n) is 4.30. The number of ether oxygens (including phenoxy) is 1. The highest BCUT2D eigenvalue weighted by atomic mass is 16.5. The molecule has 0 aliphatic carbocycles. The summed E-state index contributed by atoms with van der Waals surface area (Å²) in [5, 5.41) is 22.9. The number of likely N-dealkylation sites (N-methyl/N-ethyl adjacent to an activating group) is 2. The van der Waals surface area contributed by atoms with Gasteiger partial charge in [-0.2, -0.15) is 5.10 Å². The molecule has 0 saturated carbocycles. The number of hydrogen-bond acceptors (Lipinski definition) is 7. The van der Waals surface area contributed by atoms with E-state index in [1.165, 1.54) is 12.3 Å². The number of aromatic hydroxyl groups is 2. The fourth-order valence-corrected chi connectivity index (χ4v) is 2.69. The lowest BCUT2D eigenvalue weighted by Gasteiger charge is -2.21. The first-order valence-electron chi connectivity index (χ1n) is 9.22. The van der Waals surface area contributed by atoms with Crippen molar-refractivity contribution in [2.24, 2.45) is 5.10 Å². The molecule has 0 aliphatic rings. The van der Waals surface area contributed by atoms with Crippen molar-refractivity contribution in [3.63, 3.8) is 0 Å². The molecule has 0 fully saturated rings. The van der Waals surface area contributed by atoms with Crippen LogP contribution in [0.4, 0.5) is 0 Å². The normalized spacial score (nSPS) is 11.3. The molecular formula is C21H28N4O4. The number of nitrogens with zero attached hydrogens (tertiary/aromatic N) is 3. The van der Waals surface area contributed by atoms with Gasteiger partial charge in [-0.15, -0.1) is 0 Å². The van der Waals surface area contributed by atoms with E-state index in [2.05, 4.69) is 21.5 Å². The van der Waals surface area contributed by atoms with Crippen molar-refractivity contribution >= 4 is 12.1 Å². The monoisotopic (exact) mass is 400 g/mol. The Morgan fingerprint density at radius 1 is 1.14 bits per heavy atom. The van der Waals surface area contributed by atoms with Crippen LogP contribution in [0, 0.1) is 0 Å². The smallest absolute Gasteiger partial charge is 0.254 e. The summed E-state index contributed by atoms with van der Waals surface area (Å²) in [5.74, 6) is 0.0582. The van der Waals surface area contributed by atoms with E-state index >= 15 is 0 Å². The Labute approximate surface area is 171 Å². The van der Waals surface area contributed by atoms with E-state index in [-0.39, 0.29) is 24.0 Å². The summed E-state index contributed by atoms with van der Waals surface area (Å²) in [4.78, 5) is 16.1. The second-order valence-electron chi connectivity index (χ2n) is 6.84. The predicted molar refractivity (Wildman–Crippen MR) is 112 cm³/mol. The second-order valence-corrected chi connectivity index (χ2v) is 6.84. The molecular weight excluding hydrogens is 372 g/mol. The molecule has 156 valence electrons. The van der Waals surface area contributed by atoms with Gasteiger partial charge in [0.2, 0.25) is 0 Å². The van der Waals surface area contributed by atoms with Gasteiger partial charge in [-0.05, 0) is 43.9 Å². The van der Waals surface area contributed by atoms with Crippen molar-refractivity contribution in [1.82, 2.24) is 15.2 Å². The maximum Gasteiger partial charge on any atom is 0.254 e. The lowest BCUT2D eigenvalue weighted by atomic mass is 10.2. The van der Waals surface area contributed by atoms with Crippen LogP contribution in [0.5, 0.6) is 17.2 Å². The minimum atomic E-state index is -0.276. The Morgan fingerprint density at radius 2 is 1.86 bits per heavy atom. The highest BCUT2D eigenvalue weighted by Gasteiger charge is 2.08. The van der Waals surface area contributed by atoms with Gasteiger partial charge in [0, 0.05) is 25.2 Å². The molecule has 0 atom stereocenters. The summed E-state index contributed by atoms with van der Waals surface area (Å²) in [6.07, 6.45) is 1.29. The Morgan fingerprint density at radius 3 is 2.62 bits per heavy atom. The molecule has 0 bridgehead atoms. The van der Waals surface area contributed by atoms with Crippen molar-refractivity contribution in [1.29, 1.82) is 0 Å². The van der Waals surface area contributed by atoms with Crippen LogP contribution in [0.2, 0.25) is 0 Å². The van der Waals surface area contributed by atoms with Crippen molar-refractivity contribution in [2.45, 2.75) is 6.54 Å². The van der Waals surface area contributed by atoms with E-state index in [9.17, 15) is 15.0 Å². The predicted octanol–water partition coefficient (Wildman–Crippen LogP) is 1.62. The topological polar surface area (TPSA) is 97.6 Å². The molecule has 8 heteroatoms. The zero-order chi connectivity index (χ0) is 21.2. The van der Waals surface area contributed by atoms with Gasteiger partial charge in [-0.25, -0.2) is 5.43 Å². The van der Waals surface area contributed by atoms with E-state index in [0.717, 1.165) is 24.4 Å². The number of phenolic OH excluding ortho intramolecular Hbond substituents is 2. The van der Waals surface area contributed by atoms with Gasteiger partial charge in [-0.3, -0.25) is 9.69 Å². The lowest BCUT2D eigenvalue weighted by molar-refractivity contribution is -0.121. The molecule has 0 spiro atoms. The molecule has 0 aromatic heterocycles. The Bertz CT molecular complexity index is 841. The van der Waals surface area contributed by atoms with Gasteiger partial charge in [0.15, 0.2) is 11.5 Å². The van der Waals surface area contributed by atoms with Crippen molar-refractivity contribution in [3.8, 4) is 17.2 Å². The maximum atomic E-state index is 12.0. The Kier molecular flexibility index (Phi) is 8.45. The fraction of sp³-hybridized carbons (Fsp3) is 0.333. The molecule has 2 rings (SSSR count). The molecule has 2 aromatic carbocycles. The van der Waals surface area contributed by atoms with Crippen LogP contribution in [0.15, 0.2) is 47.6 Å². The zero-order valence-corrected chi connectivity index (χ0v) is 17.0. The quantitative estimate of drug-likeness (QED) is 0.319. The third-order valence-corrected chi connectivity index (χ3v) is 4.30. The first kappa shape index (κ1) is 22.2. The SMILES string of the molecule is COc1cccc(CN(C)CCN(C)CC(=O)NN=Cc2cccc(O)c2O)c1. The summed E-state index contributed by atoms with van der Waals surface area (Å²) >= 11 is 0. The van der Waals surface area contributed by atoms with Crippen LogP contribution < -0.4 is 10.2 Å². The minimum absolute atomic E-state index is 0.191. The van der Waals surface area contributed by atoms with E-state index in [1.807, 2.05) is 37.2 Å². The zero-order valence-electron chi connectivity index (χ0n) is 17.0. The molecule has 0 aliphatic heterocycles. The molecule has 2 aromatic rings. The number of hydrazone groups is 1. The minimum Gasteiger partial charge on any atom is -0.504 e. The molecule has 0 heterocycles. The van der Waals surface area contributed by atoms with Crippen LogP contribution in [0.25, 0.3) is 0 Å². The van der Waals surface area contributed by atoms with Gasteiger partial charge < -0.3 is 19.8 Å². The van der Waals surface area contributed by atoms with Crippen molar-refractivity contribution in [2.75, 3.05) is 40.8 Å². The number of carbonyl (C=O) groups is 1. The van der Waals surface area contributed by atoms with Gasteiger partial charge in [0.25, 0.3) is 5.91 Å². The molecule has 29 heavy (non-hydrogen) atoms. The second kappa shape index (κ2) is 11.0. The molecule has 8 nitrogen and oxygen atoms in total. The summed E-state index contributed by atoms with van der Waals surface area (Å²) < 4.78 is 5.24. The number of rotatable bonds is 10. The lowest BCUT2D eigenvalue weighted by Crippen LogP contribution is -2.37. The molecule has 0 unspecified atom stereocenters. The van der Waals surface area contributed by atoms with Crippen LogP contribution in [0.3, 0.4) is 0 Å². The molecule has 3 N–H and O–H groups in total. The standard InChI is InChI=1S/C21H28N4O4/c1-24(14-16-6-4-8-18(12-16)29-3)10-11-25(2)15-20(27)23-22-13-17-7-5-9-19(26)21(17)28/h4-9,12-13,26,28H,10-11,14-15H2,1-3H3,(H,23,27). The van der Waals surface area contributed by atoms with Crippen LogP contribution in [0.1, 0.15) is 11.1 Å². The number of nitrogens with one attached hydrogen (secondary N) is 1. The van der Waals surface area contributed by atoms with E-state index < -0.39 is 0 Å². The average Bonchev–Trinajstić information content (AvgIpc) is 2.69. The number of carbonyl (C=O) groups excluding carboxylic acids is 1.